The molecule has 2 atom stereocenters. The summed E-state index contributed by atoms with van der Waals surface area (Å²) in [5.74, 6) is -2.53. The Bertz CT molecular complexity index is 1720. The number of ether oxygens (including phenoxy) is 1. The number of benzene rings is 1. The first-order chi connectivity index (χ1) is 20.4. The number of pyridine rings is 3. The maximum Gasteiger partial charge on any atom is 0.239 e. The summed E-state index contributed by atoms with van der Waals surface area (Å²) in [6.07, 6.45) is 2.38. The molecule has 0 radical (unpaired) electrons. The van der Waals surface area contributed by atoms with E-state index in [2.05, 4.69) is 20.3 Å². The zero-order valence-corrected chi connectivity index (χ0v) is 22.2. The summed E-state index contributed by atoms with van der Waals surface area (Å²) in [4.78, 5) is 26.9. The van der Waals surface area contributed by atoms with Gasteiger partial charge in [-0.15, -0.1) is 0 Å². The highest BCUT2D eigenvalue weighted by Crippen LogP contribution is 2.43. The second-order valence-electron chi connectivity index (χ2n) is 9.97. The Hall–Kier alpha value is -4.64. The van der Waals surface area contributed by atoms with Gasteiger partial charge in [-0.05, 0) is 60.9 Å². The molecule has 0 bridgehead atoms. The van der Waals surface area contributed by atoms with Gasteiger partial charge in [-0.2, -0.15) is 4.79 Å². The third-order valence-electron chi connectivity index (χ3n) is 7.31. The molecule has 4 aromatic heterocycles. The average molecular weight is 576 g/mol. The van der Waals surface area contributed by atoms with E-state index in [0.717, 1.165) is 25.0 Å². The minimum Gasteiger partial charge on any atom is -0.373 e. The Balaban J connectivity index is 1.43. The van der Waals surface area contributed by atoms with Crippen LogP contribution in [-0.2, 0) is 9.53 Å². The fraction of sp³-hybridized carbons (Fsp3) is 0.226. The highest BCUT2D eigenvalue weighted by molar-refractivity contribution is 6.03. The van der Waals surface area contributed by atoms with Gasteiger partial charge in [0.25, 0.3) is 0 Å². The van der Waals surface area contributed by atoms with Crippen LogP contribution in [0.2, 0.25) is 0 Å². The fourth-order valence-electron chi connectivity index (χ4n) is 5.40. The van der Waals surface area contributed by atoms with Crippen LogP contribution in [0.25, 0.3) is 33.5 Å². The second-order valence-corrected chi connectivity index (χ2v) is 9.97. The van der Waals surface area contributed by atoms with Crippen molar-refractivity contribution in [2.75, 3.05) is 11.9 Å². The molecule has 5 aromatic rings. The van der Waals surface area contributed by atoms with Gasteiger partial charge in [-0.1, -0.05) is 22.7 Å². The molecule has 0 unspecified atom stereocenters. The monoisotopic (exact) mass is 575 g/mol. The first kappa shape index (κ1) is 27.5. The lowest BCUT2D eigenvalue weighted by atomic mass is 9.95. The van der Waals surface area contributed by atoms with Crippen LogP contribution >= 0.6 is 0 Å². The lowest BCUT2D eigenvalue weighted by Crippen LogP contribution is -2.23. The average Bonchev–Trinajstić information content (AvgIpc) is 3.64. The molecule has 1 fully saturated rings. The van der Waals surface area contributed by atoms with E-state index < -0.39 is 30.5 Å². The Labute approximate surface area is 238 Å². The molecule has 1 amide bonds. The predicted molar refractivity (Wildman–Crippen MR) is 149 cm³/mol. The van der Waals surface area contributed by atoms with Gasteiger partial charge in [0.05, 0.1) is 29.0 Å². The van der Waals surface area contributed by atoms with Crippen LogP contribution in [0, 0.1) is 5.82 Å². The number of nitrogens with zero attached hydrogens (tertiary/aromatic N) is 4. The number of carbonyl (C=O) groups is 1. The van der Waals surface area contributed by atoms with Crippen molar-refractivity contribution in [1.82, 2.24) is 19.7 Å². The summed E-state index contributed by atoms with van der Waals surface area (Å²) >= 11 is 0. The van der Waals surface area contributed by atoms with Crippen LogP contribution in [-0.4, -0.2) is 38.7 Å². The highest BCUT2D eigenvalue weighted by atomic mass is 19.3. The van der Waals surface area contributed by atoms with Gasteiger partial charge in [-0.25, -0.2) is 18.2 Å². The molecule has 11 heteroatoms. The fourth-order valence-corrected chi connectivity index (χ4v) is 5.40. The maximum atomic E-state index is 16.5. The summed E-state index contributed by atoms with van der Waals surface area (Å²) in [6.45, 7) is 0.583. The van der Waals surface area contributed by atoms with Crippen LogP contribution in [0.4, 0.5) is 23.5 Å². The van der Waals surface area contributed by atoms with Crippen LogP contribution in [0.3, 0.4) is 0 Å². The molecule has 1 aliphatic rings. The Morgan fingerprint density at radius 3 is 2.55 bits per heavy atom. The number of hydrogen-bond acceptors (Lipinski definition) is 5. The largest absolute Gasteiger partial charge is 0.373 e. The van der Waals surface area contributed by atoms with Crippen LogP contribution in [0.1, 0.15) is 42.4 Å². The number of rotatable bonds is 8. The van der Waals surface area contributed by atoms with Crippen molar-refractivity contribution in [1.29, 1.82) is 0 Å². The molecule has 214 valence electrons. The van der Waals surface area contributed by atoms with E-state index >= 15 is 4.48 Å². The summed E-state index contributed by atoms with van der Waals surface area (Å²) in [5, 5.41) is 2.58. The van der Waals surface area contributed by atoms with E-state index in [1.54, 1.807) is 42.7 Å². The zero-order valence-electron chi connectivity index (χ0n) is 22.2. The molecule has 1 aliphatic heterocycles. The van der Waals surface area contributed by atoms with Gasteiger partial charge in [0.1, 0.15) is 22.7 Å². The van der Waals surface area contributed by atoms with E-state index in [1.165, 1.54) is 24.4 Å². The number of alkyl halides is 2. The minimum atomic E-state index is -2.78. The molecule has 1 N–H and O–H groups in total. The number of carbonyl (C=O) groups excluding carboxylic acids is 1. The number of nitrogens with one attached hydrogen (secondary N) is 1. The summed E-state index contributed by atoms with van der Waals surface area (Å²) in [6, 6.07) is 14.9. The van der Waals surface area contributed by atoms with E-state index in [1.807, 2.05) is 0 Å². The number of aromatic nitrogens is 4. The standard InChI is InChI=1S/C31H25F4N5O2/c32-20-8-6-18(7-9-20)22(17-25(33)34)31(41)39-26-16-19(10-13-37-26)29-27(23-4-1-2-12-36-23)28-30(40(29)35)21(11-14-38-28)24-5-3-15-42-24/h1-2,4,6-14,16,22,24-25H,3,5,15,17H2,(H,37,39,41)/t22-,24+/m0/s1. The van der Waals surface area contributed by atoms with Gasteiger partial charge in [-0.3, -0.25) is 14.8 Å². The number of amides is 1. The Kier molecular flexibility index (Phi) is 7.66. The molecule has 0 saturated carbocycles. The third kappa shape index (κ3) is 5.35. The molecule has 1 saturated heterocycles. The van der Waals surface area contributed by atoms with Crippen molar-refractivity contribution in [3.63, 3.8) is 0 Å². The van der Waals surface area contributed by atoms with Crippen LogP contribution in [0.15, 0.2) is 79.3 Å². The molecule has 7 nitrogen and oxygen atoms in total. The number of anilines is 1. The Morgan fingerprint density at radius 1 is 1.02 bits per heavy atom. The Morgan fingerprint density at radius 2 is 1.83 bits per heavy atom. The summed E-state index contributed by atoms with van der Waals surface area (Å²) in [5.41, 5.74) is 2.99. The number of hydrogen-bond donors (Lipinski definition) is 1. The van der Waals surface area contributed by atoms with Crippen molar-refractivity contribution >= 4 is 22.8 Å². The zero-order chi connectivity index (χ0) is 29.2. The van der Waals surface area contributed by atoms with E-state index in [-0.39, 0.29) is 28.7 Å². The first-order valence-corrected chi connectivity index (χ1v) is 13.4. The normalized spacial score (nSPS) is 15.8. The quantitative estimate of drug-likeness (QED) is 0.197. The molecule has 6 rings (SSSR count). The van der Waals surface area contributed by atoms with Gasteiger partial charge >= 0.3 is 0 Å². The maximum absolute atomic E-state index is 16.5. The van der Waals surface area contributed by atoms with Crippen molar-refractivity contribution in [3.05, 3.63) is 96.2 Å². The van der Waals surface area contributed by atoms with Gasteiger partial charge < -0.3 is 10.1 Å². The van der Waals surface area contributed by atoms with E-state index in [9.17, 15) is 18.0 Å². The third-order valence-corrected chi connectivity index (χ3v) is 7.31. The highest BCUT2D eigenvalue weighted by Gasteiger charge is 2.29. The SMILES string of the molecule is O=C(Nc1cc(-c2c(-c3ccccn3)c3nccc([C@H]4CCCO4)c3n2F)ccn1)[C@@H](CC(F)F)c1ccc(F)cc1. The minimum absolute atomic E-state index is 0.0309. The van der Waals surface area contributed by atoms with Crippen molar-refractivity contribution < 1.29 is 27.2 Å². The predicted octanol–water partition coefficient (Wildman–Crippen LogP) is 7.26. The van der Waals surface area contributed by atoms with E-state index in [0.29, 0.717) is 39.3 Å². The molecule has 0 spiro atoms. The summed E-state index contributed by atoms with van der Waals surface area (Å²) < 4.78 is 62.6. The van der Waals surface area contributed by atoms with Crippen LogP contribution < -0.4 is 5.32 Å². The van der Waals surface area contributed by atoms with Crippen LogP contribution in [0.5, 0.6) is 0 Å². The van der Waals surface area contributed by atoms with E-state index in [4.69, 9.17) is 4.74 Å². The number of halogens is 4. The lowest BCUT2D eigenvalue weighted by Gasteiger charge is -2.17. The van der Waals surface area contributed by atoms with Gasteiger partial charge in [0, 0.05) is 42.7 Å². The molecule has 0 aliphatic carbocycles. The topological polar surface area (TPSA) is 81.9 Å². The van der Waals surface area contributed by atoms with Crippen molar-refractivity contribution in [3.8, 4) is 22.5 Å². The molecule has 42 heavy (non-hydrogen) atoms. The number of fused-ring (bicyclic) bond motifs is 1. The molecule has 5 heterocycles. The molecular formula is C31H25F4N5O2. The summed E-state index contributed by atoms with van der Waals surface area (Å²) in [7, 11) is 0. The second kappa shape index (κ2) is 11.7. The molecule has 1 aromatic carbocycles. The van der Waals surface area contributed by atoms with Gasteiger partial charge in [0.2, 0.25) is 12.3 Å². The molecular weight excluding hydrogens is 550 g/mol. The lowest BCUT2D eigenvalue weighted by molar-refractivity contribution is -0.118. The van der Waals surface area contributed by atoms with Crippen molar-refractivity contribution in [2.24, 2.45) is 0 Å². The smallest absolute Gasteiger partial charge is 0.239 e. The van der Waals surface area contributed by atoms with Gasteiger partial charge in [0.15, 0.2) is 0 Å². The first-order valence-electron chi connectivity index (χ1n) is 13.4. The van der Waals surface area contributed by atoms with Crippen molar-refractivity contribution in [2.45, 2.75) is 37.7 Å².